The largest absolute Gasteiger partial charge is 0.285 e. The van der Waals surface area contributed by atoms with Crippen LogP contribution in [0.4, 0.5) is 0 Å². The van der Waals surface area contributed by atoms with Crippen LogP contribution in [0.2, 0.25) is 0 Å². The van der Waals surface area contributed by atoms with Gasteiger partial charge in [-0.3, -0.25) is 9.78 Å². The summed E-state index contributed by atoms with van der Waals surface area (Å²) in [7, 11) is 0. The Balaban J connectivity index is 0.000000115. The molecule has 1 N–H and O–H groups in total. The van der Waals surface area contributed by atoms with Crippen LogP contribution in [-0.2, 0) is 0 Å². The number of aromatic amines is 1. The molecule has 19 heavy (non-hydrogen) atoms. The molecule has 7 heteroatoms. The minimum atomic E-state index is 0.705. The van der Waals surface area contributed by atoms with Crippen LogP contribution < -0.4 is 0 Å². The Morgan fingerprint density at radius 3 is 2.05 bits per heavy atom. The number of rotatable bonds is 1. The van der Waals surface area contributed by atoms with Gasteiger partial charge in [0, 0.05) is 17.2 Å². The van der Waals surface area contributed by atoms with Gasteiger partial charge in [-0.25, -0.2) is 0 Å². The van der Waals surface area contributed by atoms with Gasteiger partial charge in [0.15, 0.2) is 0 Å². The van der Waals surface area contributed by atoms with E-state index in [1.807, 2.05) is 17.1 Å². The lowest BCUT2D eigenvalue weighted by atomic mass is 10.7. The van der Waals surface area contributed by atoms with Crippen molar-refractivity contribution < 1.29 is 0 Å². The maximum Gasteiger partial charge on any atom is 0.0632 e. The highest BCUT2D eigenvalue weighted by Crippen LogP contribution is 2.34. The van der Waals surface area contributed by atoms with Crippen molar-refractivity contribution in [2.45, 2.75) is 36.6 Å². The summed E-state index contributed by atoms with van der Waals surface area (Å²) in [5, 5.41) is 10.4. The molecule has 2 aliphatic rings. The van der Waals surface area contributed by atoms with E-state index in [1.54, 1.807) is 12.4 Å². The average Bonchev–Trinajstić information content (AvgIpc) is 3.30. The molecule has 0 aromatic carbocycles. The van der Waals surface area contributed by atoms with Crippen LogP contribution in [-0.4, -0.2) is 24.8 Å². The van der Waals surface area contributed by atoms with Gasteiger partial charge in [-0.15, -0.1) is 0 Å². The normalized spacial score (nSPS) is 17.0. The van der Waals surface area contributed by atoms with Crippen molar-refractivity contribution in [2.75, 3.05) is 0 Å². The molecule has 4 rings (SSSR count). The average molecular weight is 455 g/mol. The summed E-state index contributed by atoms with van der Waals surface area (Å²) in [4.78, 5) is 0.896. The molecular formula is C12H15Br3N4. The molecule has 2 fully saturated rings. The number of nitrogens with zero attached hydrogens (tertiary/aromatic N) is 3. The van der Waals surface area contributed by atoms with Gasteiger partial charge in [0.2, 0.25) is 0 Å². The molecule has 104 valence electrons. The van der Waals surface area contributed by atoms with Gasteiger partial charge in [-0.05, 0) is 57.5 Å². The Kier molecular flexibility index (Phi) is 6.09. The van der Waals surface area contributed by atoms with Crippen LogP contribution in [0, 0.1) is 0 Å². The van der Waals surface area contributed by atoms with Crippen molar-refractivity contribution in [1.82, 2.24) is 20.0 Å². The fraction of sp³-hybridized carbons (Fsp3) is 0.500. The zero-order chi connectivity index (χ0) is 13.7. The highest BCUT2D eigenvalue weighted by atomic mass is 79.9. The molecule has 0 saturated heterocycles. The lowest BCUT2D eigenvalue weighted by Gasteiger charge is -1.91. The van der Waals surface area contributed by atoms with Gasteiger partial charge in [0.1, 0.15) is 0 Å². The van der Waals surface area contributed by atoms with Crippen molar-refractivity contribution in [1.29, 1.82) is 0 Å². The monoisotopic (exact) mass is 452 g/mol. The van der Waals surface area contributed by atoms with E-state index in [0.717, 1.165) is 13.8 Å². The molecule has 2 saturated carbocycles. The van der Waals surface area contributed by atoms with Crippen LogP contribution >= 0.6 is 47.8 Å². The first kappa shape index (κ1) is 15.3. The summed E-state index contributed by atoms with van der Waals surface area (Å²) in [6.45, 7) is 0. The third-order valence-corrected chi connectivity index (χ3v) is 4.22. The highest BCUT2D eigenvalue weighted by molar-refractivity contribution is 9.10. The first-order valence-corrected chi connectivity index (χ1v) is 8.63. The molecule has 0 radical (unpaired) electrons. The minimum Gasteiger partial charge on any atom is -0.285 e. The van der Waals surface area contributed by atoms with Crippen LogP contribution in [0.25, 0.3) is 0 Å². The summed E-state index contributed by atoms with van der Waals surface area (Å²) < 4.78 is 4.08. The number of alkyl halides is 1. The van der Waals surface area contributed by atoms with Crippen molar-refractivity contribution in [3.8, 4) is 0 Å². The fourth-order valence-electron chi connectivity index (χ4n) is 1.15. The highest BCUT2D eigenvalue weighted by Gasteiger charge is 2.23. The van der Waals surface area contributed by atoms with E-state index < -0.39 is 0 Å². The van der Waals surface area contributed by atoms with E-state index in [0.29, 0.717) is 6.04 Å². The van der Waals surface area contributed by atoms with Gasteiger partial charge in [0.05, 0.1) is 27.4 Å². The van der Waals surface area contributed by atoms with Gasteiger partial charge < -0.3 is 0 Å². The van der Waals surface area contributed by atoms with Crippen molar-refractivity contribution >= 4 is 47.8 Å². The van der Waals surface area contributed by atoms with Crippen LogP contribution in [0.3, 0.4) is 0 Å². The smallest absolute Gasteiger partial charge is 0.0632 e. The number of halogens is 3. The zero-order valence-corrected chi connectivity index (χ0v) is 15.0. The molecule has 0 amide bonds. The van der Waals surface area contributed by atoms with Crippen molar-refractivity contribution in [3.05, 3.63) is 33.7 Å². The Morgan fingerprint density at radius 1 is 1.11 bits per heavy atom. The Hall–Kier alpha value is -0.140. The molecule has 0 bridgehead atoms. The molecule has 0 aliphatic heterocycles. The van der Waals surface area contributed by atoms with Crippen LogP contribution in [0.5, 0.6) is 0 Å². The summed E-state index contributed by atoms with van der Waals surface area (Å²) >= 11 is 9.91. The molecule has 2 aromatic rings. The quantitative estimate of drug-likeness (QED) is 0.635. The zero-order valence-electron chi connectivity index (χ0n) is 10.3. The second kappa shape index (κ2) is 7.59. The predicted molar refractivity (Wildman–Crippen MR) is 86.4 cm³/mol. The number of hydrogen-bond acceptors (Lipinski definition) is 2. The SMILES string of the molecule is BrC1CC1.Brc1cn[nH]c1.Brc1cnn(C2CC2)c1. The summed E-state index contributed by atoms with van der Waals surface area (Å²) in [6.07, 6.45) is 12.7. The third kappa shape index (κ3) is 6.72. The maximum absolute atomic E-state index is 4.15. The molecular weight excluding hydrogens is 440 g/mol. The second-order valence-corrected chi connectivity index (χ2v) is 7.59. The Labute approximate surface area is 137 Å². The number of hydrogen-bond donors (Lipinski definition) is 1. The van der Waals surface area contributed by atoms with E-state index in [2.05, 4.69) is 63.1 Å². The predicted octanol–water partition coefficient (Wildman–Crippen LogP) is 4.70. The molecule has 0 atom stereocenters. The fourth-order valence-corrected chi connectivity index (χ4v) is 1.92. The molecule has 2 aliphatic carbocycles. The van der Waals surface area contributed by atoms with Crippen LogP contribution in [0.15, 0.2) is 33.7 Å². The number of nitrogens with one attached hydrogen (secondary N) is 1. The van der Waals surface area contributed by atoms with E-state index in [9.17, 15) is 0 Å². The molecule has 0 spiro atoms. The van der Waals surface area contributed by atoms with Crippen LogP contribution in [0.1, 0.15) is 31.7 Å². The Morgan fingerprint density at radius 2 is 1.79 bits per heavy atom. The van der Waals surface area contributed by atoms with Gasteiger partial charge in [-0.2, -0.15) is 10.2 Å². The number of aromatic nitrogens is 4. The van der Waals surface area contributed by atoms with E-state index in [-0.39, 0.29) is 0 Å². The van der Waals surface area contributed by atoms with E-state index in [4.69, 9.17) is 0 Å². The van der Waals surface area contributed by atoms with E-state index >= 15 is 0 Å². The summed E-state index contributed by atoms with van der Waals surface area (Å²) in [5.74, 6) is 0. The van der Waals surface area contributed by atoms with E-state index in [1.165, 1.54) is 25.7 Å². The lowest BCUT2D eigenvalue weighted by molar-refractivity contribution is 0.641. The minimum absolute atomic E-state index is 0.705. The second-order valence-electron chi connectivity index (χ2n) is 4.46. The lowest BCUT2D eigenvalue weighted by Crippen LogP contribution is -1.91. The maximum atomic E-state index is 4.15. The van der Waals surface area contributed by atoms with Crippen molar-refractivity contribution in [3.63, 3.8) is 0 Å². The molecule has 4 nitrogen and oxygen atoms in total. The first-order chi connectivity index (χ1) is 9.15. The molecule has 2 heterocycles. The standard InChI is InChI=1S/C6H7BrN2.C3H3BrN2.C3H5Br/c7-5-3-8-9(4-5)6-1-2-6;4-3-1-5-6-2-3;4-3-1-2-3/h3-4,6H,1-2H2;1-2H,(H,5,6);3H,1-2H2. The summed E-state index contributed by atoms with van der Waals surface area (Å²) in [6, 6.07) is 0.705. The third-order valence-electron chi connectivity index (χ3n) is 2.46. The van der Waals surface area contributed by atoms with Gasteiger partial charge >= 0.3 is 0 Å². The van der Waals surface area contributed by atoms with Gasteiger partial charge in [-0.1, -0.05) is 15.9 Å². The van der Waals surface area contributed by atoms with Crippen molar-refractivity contribution in [2.24, 2.45) is 0 Å². The van der Waals surface area contributed by atoms with Gasteiger partial charge in [0.25, 0.3) is 0 Å². The summed E-state index contributed by atoms with van der Waals surface area (Å²) in [5.41, 5.74) is 0. The number of H-pyrrole nitrogens is 1. The molecule has 2 aromatic heterocycles. The molecule has 0 unspecified atom stereocenters. The Bertz CT molecular complexity index is 475. The topological polar surface area (TPSA) is 46.5 Å². The first-order valence-electron chi connectivity index (χ1n) is 6.13.